The number of aliphatic imine (C=N–C) groups is 1. The first-order valence-corrected chi connectivity index (χ1v) is 9.51. The highest BCUT2D eigenvalue weighted by molar-refractivity contribution is 5.81. The summed E-state index contributed by atoms with van der Waals surface area (Å²) in [4.78, 5) is 18.5. The van der Waals surface area contributed by atoms with Crippen LogP contribution in [0.4, 0.5) is 0 Å². The van der Waals surface area contributed by atoms with Crippen LogP contribution in [0.1, 0.15) is 52.9 Å². The van der Waals surface area contributed by atoms with E-state index < -0.39 is 0 Å². The van der Waals surface area contributed by atoms with E-state index in [9.17, 15) is 4.79 Å². The molecular formula is C18H37N5O. The van der Waals surface area contributed by atoms with Crippen LogP contribution in [0.2, 0.25) is 0 Å². The van der Waals surface area contributed by atoms with Gasteiger partial charge >= 0.3 is 0 Å². The van der Waals surface area contributed by atoms with E-state index in [1.54, 1.807) is 7.05 Å². The van der Waals surface area contributed by atoms with Gasteiger partial charge in [0.25, 0.3) is 0 Å². The van der Waals surface area contributed by atoms with Crippen LogP contribution in [0.3, 0.4) is 0 Å². The van der Waals surface area contributed by atoms with Crippen molar-refractivity contribution >= 4 is 11.9 Å². The van der Waals surface area contributed by atoms with Gasteiger partial charge in [-0.1, -0.05) is 13.8 Å². The highest BCUT2D eigenvalue weighted by atomic mass is 16.1. The second kappa shape index (κ2) is 12.1. The average molecular weight is 340 g/mol. The third-order valence-electron chi connectivity index (χ3n) is 4.71. The molecule has 6 heteroatoms. The molecule has 1 rings (SSSR count). The zero-order chi connectivity index (χ0) is 17.8. The van der Waals surface area contributed by atoms with Crippen LogP contribution in [0.5, 0.6) is 0 Å². The molecule has 0 bridgehead atoms. The number of carbonyl (C=O) groups is 1. The summed E-state index contributed by atoms with van der Waals surface area (Å²) < 4.78 is 0. The number of piperidine rings is 1. The van der Waals surface area contributed by atoms with Crippen molar-refractivity contribution in [2.24, 2.45) is 10.9 Å². The third kappa shape index (κ3) is 9.11. The summed E-state index contributed by atoms with van der Waals surface area (Å²) in [5.74, 6) is 1.75. The molecule has 0 aliphatic carbocycles. The Morgan fingerprint density at radius 2 is 1.92 bits per heavy atom. The van der Waals surface area contributed by atoms with E-state index >= 15 is 0 Å². The normalized spacial score (nSPS) is 18.2. The van der Waals surface area contributed by atoms with E-state index in [1.165, 1.54) is 25.9 Å². The number of hydrogen-bond donors (Lipinski definition) is 3. The number of amides is 1. The second-order valence-electron chi connectivity index (χ2n) is 6.93. The van der Waals surface area contributed by atoms with Crippen LogP contribution in [-0.4, -0.2) is 62.6 Å². The quantitative estimate of drug-likeness (QED) is 0.339. The maximum absolute atomic E-state index is 11.7. The largest absolute Gasteiger partial charge is 0.356 e. The van der Waals surface area contributed by atoms with E-state index in [0.29, 0.717) is 13.0 Å². The Balaban J connectivity index is 2.07. The maximum Gasteiger partial charge on any atom is 0.221 e. The van der Waals surface area contributed by atoms with Crippen molar-refractivity contribution in [3.8, 4) is 0 Å². The summed E-state index contributed by atoms with van der Waals surface area (Å²) in [6.45, 7) is 11.6. The molecule has 1 amide bonds. The smallest absolute Gasteiger partial charge is 0.221 e. The number of carbonyl (C=O) groups excluding carboxylic acids is 1. The SMILES string of the molecule is CCC(C)NC(=O)CCNC(=NC)NCCCN1CCC(C)CC1. The first-order valence-electron chi connectivity index (χ1n) is 9.51. The fraction of sp³-hybridized carbons (Fsp3) is 0.889. The summed E-state index contributed by atoms with van der Waals surface area (Å²) in [6.07, 6.45) is 5.20. The summed E-state index contributed by atoms with van der Waals surface area (Å²) >= 11 is 0. The van der Waals surface area contributed by atoms with Gasteiger partial charge in [-0.05, 0) is 58.2 Å². The molecule has 1 fully saturated rings. The van der Waals surface area contributed by atoms with E-state index in [1.807, 2.05) is 6.92 Å². The lowest BCUT2D eigenvalue weighted by Gasteiger charge is -2.30. The van der Waals surface area contributed by atoms with E-state index in [4.69, 9.17) is 0 Å². The standard InChI is InChI=1S/C18H37N5O/c1-5-16(3)22-17(24)7-11-21-18(19-4)20-10-6-12-23-13-8-15(2)9-14-23/h15-16H,5-14H2,1-4H3,(H,22,24)(H2,19,20,21). The lowest BCUT2D eigenvalue weighted by Crippen LogP contribution is -2.41. The molecule has 1 heterocycles. The van der Waals surface area contributed by atoms with E-state index in [2.05, 4.69) is 39.7 Å². The van der Waals surface area contributed by atoms with Gasteiger partial charge in [-0.2, -0.15) is 0 Å². The molecule has 1 aliphatic rings. The Labute approximate surface area is 147 Å². The summed E-state index contributed by atoms with van der Waals surface area (Å²) in [6, 6.07) is 0.243. The van der Waals surface area contributed by atoms with Crippen molar-refractivity contribution in [2.75, 3.05) is 39.8 Å². The van der Waals surface area contributed by atoms with Crippen molar-refractivity contribution in [1.82, 2.24) is 20.9 Å². The predicted octanol–water partition coefficient (Wildman–Crippen LogP) is 1.58. The van der Waals surface area contributed by atoms with Gasteiger partial charge in [-0.15, -0.1) is 0 Å². The lowest BCUT2D eigenvalue weighted by molar-refractivity contribution is -0.121. The average Bonchev–Trinajstić information content (AvgIpc) is 2.58. The molecule has 6 nitrogen and oxygen atoms in total. The maximum atomic E-state index is 11.7. The summed E-state index contributed by atoms with van der Waals surface area (Å²) in [7, 11) is 1.76. The molecule has 0 spiro atoms. The van der Waals surface area contributed by atoms with Gasteiger partial charge < -0.3 is 20.9 Å². The number of likely N-dealkylation sites (tertiary alicyclic amines) is 1. The molecule has 1 atom stereocenters. The van der Waals surface area contributed by atoms with Gasteiger partial charge in [0.1, 0.15) is 0 Å². The molecule has 0 aromatic rings. The first-order chi connectivity index (χ1) is 11.5. The fourth-order valence-electron chi connectivity index (χ4n) is 2.76. The number of rotatable bonds is 9. The zero-order valence-corrected chi connectivity index (χ0v) is 16.0. The van der Waals surface area contributed by atoms with E-state index in [-0.39, 0.29) is 11.9 Å². The number of nitrogens with one attached hydrogen (secondary N) is 3. The predicted molar refractivity (Wildman–Crippen MR) is 101 cm³/mol. The Kier molecular flexibility index (Phi) is 10.5. The van der Waals surface area contributed by atoms with Crippen molar-refractivity contribution in [3.63, 3.8) is 0 Å². The van der Waals surface area contributed by atoms with Crippen LogP contribution in [0.25, 0.3) is 0 Å². The van der Waals surface area contributed by atoms with Crippen molar-refractivity contribution in [3.05, 3.63) is 0 Å². The van der Waals surface area contributed by atoms with Crippen LogP contribution in [0, 0.1) is 5.92 Å². The third-order valence-corrected chi connectivity index (χ3v) is 4.71. The molecular weight excluding hydrogens is 302 g/mol. The number of hydrogen-bond acceptors (Lipinski definition) is 3. The molecule has 1 unspecified atom stereocenters. The Morgan fingerprint density at radius 1 is 1.25 bits per heavy atom. The Hall–Kier alpha value is -1.30. The lowest BCUT2D eigenvalue weighted by atomic mass is 9.99. The molecule has 0 aromatic carbocycles. The van der Waals surface area contributed by atoms with Gasteiger partial charge in [-0.3, -0.25) is 9.79 Å². The van der Waals surface area contributed by atoms with Gasteiger partial charge in [0.15, 0.2) is 5.96 Å². The van der Waals surface area contributed by atoms with Crippen LogP contribution >= 0.6 is 0 Å². The highest BCUT2D eigenvalue weighted by Crippen LogP contribution is 2.15. The topological polar surface area (TPSA) is 68.8 Å². The van der Waals surface area contributed by atoms with Crippen molar-refractivity contribution < 1.29 is 4.79 Å². The molecule has 1 aliphatic heterocycles. The van der Waals surface area contributed by atoms with Crippen LogP contribution in [0.15, 0.2) is 4.99 Å². The Bertz CT molecular complexity index is 378. The monoisotopic (exact) mass is 339 g/mol. The fourth-order valence-corrected chi connectivity index (χ4v) is 2.76. The van der Waals surface area contributed by atoms with E-state index in [0.717, 1.165) is 37.8 Å². The minimum absolute atomic E-state index is 0.0895. The molecule has 0 aromatic heterocycles. The van der Waals surface area contributed by atoms with Gasteiger partial charge in [-0.25, -0.2) is 0 Å². The minimum atomic E-state index is 0.0895. The van der Waals surface area contributed by atoms with Gasteiger partial charge in [0, 0.05) is 32.6 Å². The van der Waals surface area contributed by atoms with Crippen molar-refractivity contribution in [2.45, 2.75) is 58.9 Å². The van der Waals surface area contributed by atoms with Crippen LogP contribution in [-0.2, 0) is 4.79 Å². The molecule has 140 valence electrons. The summed E-state index contributed by atoms with van der Waals surface area (Å²) in [5.41, 5.74) is 0. The molecule has 0 saturated carbocycles. The van der Waals surface area contributed by atoms with Gasteiger partial charge in [0.05, 0.1) is 0 Å². The Morgan fingerprint density at radius 3 is 2.54 bits per heavy atom. The van der Waals surface area contributed by atoms with Crippen molar-refractivity contribution in [1.29, 1.82) is 0 Å². The number of guanidine groups is 1. The first kappa shape index (κ1) is 20.7. The highest BCUT2D eigenvalue weighted by Gasteiger charge is 2.14. The minimum Gasteiger partial charge on any atom is -0.356 e. The van der Waals surface area contributed by atoms with Crippen LogP contribution < -0.4 is 16.0 Å². The molecule has 3 N–H and O–H groups in total. The molecule has 24 heavy (non-hydrogen) atoms. The summed E-state index contributed by atoms with van der Waals surface area (Å²) in [5, 5.41) is 9.49. The molecule has 1 saturated heterocycles. The second-order valence-corrected chi connectivity index (χ2v) is 6.93. The van der Waals surface area contributed by atoms with Gasteiger partial charge in [0.2, 0.25) is 5.91 Å². The number of nitrogens with zero attached hydrogens (tertiary/aromatic N) is 2. The zero-order valence-electron chi connectivity index (χ0n) is 16.0. The molecule has 0 radical (unpaired) electrons.